The van der Waals surface area contributed by atoms with E-state index in [1.54, 1.807) is 13.0 Å². The molecule has 3 N–H and O–H groups in total. The predicted octanol–water partition coefficient (Wildman–Crippen LogP) is 2.40. The van der Waals surface area contributed by atoms with Gasteiger partial charge in [-0.15, -0.1) is 0 Å². The van der Waals surface area contributed by atoms with Crippen molar-refractivity contribution in [2.45, 2.75) is 89.6 Å². The fourth-order valence-electron chi connectivity index (χ4n) is 5.33. The van der Waals surface area contributed by atoms with Crippen molar-refractivity contribution in [3.8, 4) is 0 Å². The molecule has 2 aromatic rings. The SMILES string of the molecule is CC(C)CC(NC(=O)[C@H](Cc1ccccc1)NC(=O)C(CC1CC1)NC(=O)c1cc(CN2CCC2)on1)C(=O)C1(C)CO1. The maximum Gasteiger partial charge on any atom is 0.274 e. The van der Waals surface area contributed by atoms with E-state index in [0.717, 1.165) is 37.9 Å². The molecule has 0 spiro atoms. The van der Waals surface area contributed by atoms with Gasteiger partial charge in [-0.3, -0.25) is 24.1 Å². The first-order valence-electron chi connectivity index (χ1n) is 15.4. The molecule has 43 heavy (non-hydrogen) atoms. The Balaban J connectivity index is 1.28. The summed E-state index contributed by atoms with van der Waals surface area (Å²) >= 11 is 0. The van der Waals surface area contributed by atoms with Crippen LogP contribution in [0.4, 0.5) is 0 Å². The van der Waals surface area contributed by atoms with Gasteiger partial charge in [0.2, 0.25) is 11.8 Å². The van der Waals surface area contributed by atoms with Gasteiger partial charge in [-0.05, 0) is 56.7 Å². The van der Waals surface area contributed by atoms with Crippen LogP contribution in [0.5, 0.6) is 0 Å². The van der Waals surface area contributed by atoms with E-state index in [2.05, 4.69) is 26.0 Å². The molecule has 11 nitrogen and oxygen atoms in total. The van der Waals surface area contributed by atoms with Crippen LogP contribution in [0.25, 0.3) is 0 Å². The number of ketones is 1. The highest BCUT2D eigenvalue weighted by molar-refractivity contribution is 5.99. The van der Waals surface area contributed by atoms with Crippen molar-refractivity contribution in [1.29, 1.82) is 0 Å². The van der Waals surface area contributed by atoms with E-state index in [0.29, 0.717) is 37.7 Å². The monoisotopic (exact) mass is 593 g/mol. The van der Waals surface area contributed by atoms with Crippen LogP contribution in [-0.2, 0) is 32.1 Å². The summed E-state index contributed by atoms with van der Waals surface area (Å²) in [6.45, 7) is 8.60. The average Bonchev–Trinajstić information content (AvgIpc) is 3.87. The summed E-state index contributed by atoms with van der Waals surface area (Å²) in [4.78, 5) is 55.9. The molecule has 1 saturated carbocycles. The number of nitrogens with zero attached hydrogens (tertiary/aromatic N) is 2. The summed E-state index contributed by atoms with van der Waals surface area (Å²) in [5, 5.41) is 12.6. The Kier molecular flexibility index (Phi) is 9.61. The molecular formula is C32H43N5O6. The first-order valence-corrected chi connectivity index (χ1v) is 15.4. The zero-order valence-electron chi connectivity index (χ0n) is 25.3. The molecule has 11 heteroatoms. The van der Waals surface area contributed by atoms with E-state index in [1.807, 2.05) is 44.2 Å². The molecule has 3 aliphatic rings. The maximum atomic E-state index is 13.7. The van der Waals surface area contributed by atoms with Crippen molar-refractivity contribution < 1.29 is 28.4 Å². The number of carbonyl (C=O) groups excluding carboxylic acids is 4. The van der Waals surface area contributed by atoms with E-state index < -0.39 is 41.4 Å². The van der Waals surface area contributed by atoms with Gasteiger partial charge >= 0.3 is 0 Å². The van der Waals surface area contributed by atoms with E-state index in [1.165, 1.54) is 0 Å². The molecule has 4 atom stereocenters. The van der Waals surface area contributed by atoms with Crippen LogP contribution in [-0.4, -0.2) is 77.0 Å². The Morgan fingerprint density at radius 1 is 1.00 bits per heavy atom. The van der Waals surface area contributed by atoms with Crippen LogP contribution >= 0.6 is 0 Å². The lowest BCUT2D eigenvalue weighted by Gasteiger charge is -2.29. The van der Waals surface area contributed by atoms with Crippen molar-refractivity contribution in [1.82, 2.24) is 26.0 Å². The van der Waals surface area contributed by atoms with Crippen molar-refractivity contribution in [3.05, 3.63) is 53.4 Å². The molecule has 0 bridgehead atoms. The summed E-state index contributed by atoms with van der Waals surface area (Å²) in [5.41, 5.74) is 0.0850. The third-order valence-corrected chi connectivity index (χ3v) is 8.36. The minimum absolute atomic E-state index is 0.119. The molecule has 3 amide bonds. The normalized spacial score (nSPS) is 21.8. The third-order valence-electron chi connectivity index (χ3n) is 8.36. The minimum atomic E-state index is -0.959. The molecular weight excluding hydrogens is 550 g/mol. The van der Waals surface area contributed by atoms with Gasteiger partial charge < -0.3 is 25.2 Å². The highest BCUT2D eigenvalue weighted by atomic mass is 16.6. The summed E-state index contributed by atoms with van der Waals surface area (Å²) in [6.07, 6.45) is 4.25. The van der Waals surface area contributed by atoms with Crippen molar-refractivity contribution in [2.75, 3.05) is 19.7 Å². The molecule has 0 radical (unpaired) electrons. The Bertz CT molecular complexity index is 1300. The Morgan fingerprint density at radius 3 is 2.28 bits per heavy atom. The molecule has 5 rings (SSSR count). The fourth-order valence-corrected chi connectivity index (χ4v) is 5.33. The van der Waals surface area contributed by atoms with E-state index in [4.69, 9.17) is 9.26 Å². The number of hydrogen-bond acceptors (Lipinski definition) is 8. The Labute approximate surface area is 252 Å². The van der Waals surface area contributed by atoms with Crippen LogP contribution in [0.15, 0.2) is 40.9 Å². The van der Waals surface area contributed by atoms with E-state index in [-0.39, 0.29) is 23.8 Å². The van der Waals surface area contributed by atoms with Gasteiger partial charge in [0.15, 0.2) is 17.2 Å². The summed E-state index contributed by atoms with van der Waals surface area (Å²) in [7, 11) is 0. The summed E-state index contributed by atoms with van der Waals surface area (Å²) in [6, 6.07) is 8.44. The van der Waals surface area contributed by atoms with Crippen LogP contribution < -0.4 is 16.0 Å². The van der Waals surface area contributed by atoms with Gasteiger partial charge in [0, 0.05) is 12.5 Å². The summed E-state index contributed by atoms with van der Waals surface area (Å²) < 4.78 is 10.7. The second-order valence-corrected chi connectivity index (χ2v) is 12.8. The topological polar surface area (TPSA) is 146 Å². The summed E-state index contributed by atoms with van der Waals surface area (Å²) in [5.74, 6) is -0.496. The maximum absolute atomic E-state index is 13.7. The molecule has 1 aromatic heterocycles. The van der Waals surface area contributed by atoms with Crippen LogP contribution in [0.3, 0.4) is 0 Å². The molecule has 3 heterocycles. The third kappa shape index (κ3) is 8.51. The average molecular weight is 594 g/mol. The van der Waals surface area contributed by atoms with Crippen molar-refractivity contribution in [2.24, 2.45) is 11.8 Å². The fraction of sp³-hybridized carbons (Fsp3) is 0.594. The number of rotatable bonds is 16. The molecule has 2 aliphatic heterocycles. The van der Waals surface area contributed by atoms with Crippen molar-refractivity contribution >= 4 is 23.5 Å². The number of aromatic nitrogens is 1. The number of hydrogen-bond donors (Lipinski definition) is 3. The zero-order valence-corrected chi connectivity index (χ0v) is 25.3. The predicted molar refractivity (Wildman–Crippen MR) is 158 cm³/mol. The van der Waals surface area contributed by atoms with Crippen molar-refractivity contribution in [3.63, 3.8) is 0 Å². The number of amides is 3. The number of nitrogens with one attached hydrogen (secondary N) is 3. The standard InChI is InChI=1S/C32H43N5O6/c1-20(2)14-24(28(38)32(3)19-42-32)33-29(39)25(15-21-8-5-4-6-9-21)34-30(40)26(16-22-10-11-22)35-31(41)27-17-23(43-36-27)18-37-12-7-13-37/h4-6,8-9,17,20,22,24-26H,7,10-16,18-19H2,1-3H3,(H,33,39)(H,34,40)(H,35,41)/t24?,25-,26?,32?/m0/s1. The number of benzene rings is 1. The van der Waals surface area contributed by atoms with Gasteiger partial charge in [-0.25, -0.2) is 0 Å². The first kappa shape index (κ1) is 30.9. The smallest absolute Gasteiger partial charge is 0.274 e. The Hall–Kier alpha value is -3.57. The quantitative estimate of drug-likeness (QED) is 0.252. The van der Waals surface area contributed by atoms with E-state index in [9.17, 15) is 19.2 Å². The van der Waals surface area contributed by atoms with Gasteiger partial charge in [0.05, 0.1) is 19.2 Å². The second kappa shape index (κ2) is 13.4. The molecule has 1 aliphatic carbocycles. The molecule has 3 fully saturated rings. The van der Waals surface area contributed by atoms with Crippen LogP contribution in [0.1, 0.15) is 74.7 Å². The number of epoxide rings is 1. The Morgan fingerprint density at radius 2 is 1.67 bits per heavy atom. The lowest BCUT2D eigenvalue weighted by Crippen LogP contribution is -2.57. The highest BCUT2D eigenvalue weighted by Gasteiger charge is 2.50. The first-order chi connectivity index (χ1) is 20.6. The van der Waals surface area contributed by atoms with Gasteiger partial charge in [-0.2, -0.15) is 0 Å². The molecule has 3 unspecified atom stereocenters. The van der Waals surface area contributed by atoms with Crippen LogP contribution in [0, 0.1) is 11.8 Å². The number of likely N-dealkylation sites (tertiary alicyclic amines) is 1. The number of carbonyl (C=O) groups is 4. The lowest BCUT2D eigenvalue weighted by atomic mass is 9.93. The molecule has 1 aromatic carbocycles. The second-order valence-electron chi connectivity index (χ2n) is 12.8. The lowest BCUT2D eigenvalue weighted by molar-refractivity contribution is -0.133. The largest absolute Gasteiger partial charge is 0.361 e. The highest BCUT2D eigenvalue weighted by Crippen LogP contribution is 2.34. The van der Waals surface area contributed by atoms with Gasteiger partial charge in [0.1, 0.15) is 17.7 Å². The van der Waals surface area contributed by atoms with Gasteiger partial charge in [0.25, 0.3) is 5.91 Å². The molecule has 2 saturated heterocycles. The minimum Gasteiger partial charge on any atom is -0.361 e. The van der Waals surface area contributed by atoms with Gasteiger partial charge in [-0.1, -0.05) is 62.2 Å². The zero-order chi connectivity index (χ0) is 30.6. The number of ether oxygens (including phenoxy) is 1. The van der Waals surface area contributed by atoms with Crippen LogP contribution in [0.2, 0.25) is 0 Å². The number of Topliss-reactive ketones (excluding diaryl/α,β-unsaturated/α-hetero) is 1. The molecule has 232 valence electrons. The van der Waals surface area contributed by atoms with E-state index >= 15 is 0 Å².